The van der Waals surface area contributed by atoms with E-state index < -0.39 is 48.5 Å². The molecule has 0 fully saturated rings. The van der Waals surface area contributed by atoms with Crippen molar-refractivity contribution in [3.8, 4) is 0 Å². The van der Waals surface area contributed by atoms with Crippen LogP contribution in [0.4, 0.5) is 0 Å². The molecule has 224 valence electrons. The first-order valence-electron chi connectivity index (χ1n) is 14.0. The molecule has 0 saturated carbocycles. The second-order valence-electron chi connectivity index (χ2n) is 11.6. The Labute approximate surface area is 247 Å². The summed E-state index contributed by atoms with van der Waals surface area (Å²) < 4.78 is 20.9. The Hall–Kier alpha value is 3.03. The van der Waals surface area contributed by atoms with Crippen molar-refractivity contribution >= 4 is 82.6 Å². The van der Waals surface area contributed by atoms with Gasteiger partial charge < -0.3 is 0 Å². The van der Waals surface area contributed by atoms with Gasteiger partial charge in [0.15, 0.2) is 0 Å². The van der Waals surface area contributed by atoms with Gasteiger partial charge in [-0.3, -0.25) is 0 Å². The van der Waals surface area contributed by atoms with Crippen molar-refractivity contribution < 1.29 is 22.9 Å². The van der Waals surface area contributed by atoms with Crippen molar-refractivity contribution in [1.29, 1.82) is 0 Å². The van der Waals surface area contributed by atoms with Crippen LogP contribution in [0.5, 0.6) is 0 Å². The maximum atomic E-state index is 10.6. The molecule has 0 saturated heterocycles. The van der Waals surface area contributed by atoms with E-state index in [-0.39, 0.29) is 0 Å². The Kier molecular flexibility index (Phi) is 21.7. The molecule has 2 unspecified atom stereocenters. The summed E-state index contributed by atoms with van der Waals surface area (Å²) in [5.41, 5.74) is 0. The van der Waals surface area contributed by atoms with Gasteiger partial charge in [-0.25, -0.2) is 0 Å². The first kappa shape index (κ1) is 40.0. The van der Waals surface area contributed by atoms with Crippen LogP contribution in [0.1, 0.15) is 46.0 Å². The minimum absolute atomic E-state index is 0.754. The molecule has 0 amide bonds. The summed E-state index contributed by atoms with van der Waals surface area (Å²) in [5.74, 6) is 4.35. The van der Waals surface area contributed by atoms with Crippen LogP contribution in [0.15, 0.2) is 0 Å². The Balaban J connectivity index is 5.43. The first-order valence-corrected chi connectivity index (χ1v) is 42.4. The first-order chi connectivity index (χ1) is 17.1. The second-order valence-corrected chi connectivity index (χ2v) is 63.6. The number of hydrogen-bond donors (Lipinski definition) is 2. The SMILES string of the molecule is CCC[CH2][Sn]([CH2]CCC)([S]CCC[Si](OC)(PC[Si](C)(C)O)PC[Si](C)(C)O)[S]CC[Si](C)(OC)OC. The number of rotatable bonds is 24. The fraction of sp³-hybridized carbons (Fsp3) is 1.00. The maximum absolute atomic E-state index is 10.6. The van der Waals surface area contributed by atoms with Crippen molar-refractivity contribution in [1.82, 2.24) is 0 Å². The fourth-order valence-electron chi connectivity index (χ4n) is 3.84. The Morgan fingerprint density at radius 2 is 1.14 bits per heavy atom. The predicted molar refractivity (Wildman–Crippen MR) is 188 cm³/mol. The topological polar surface area (TPSA) is 68.2 Å². The normalized spacial score (nSPS) is 15.9. The molecule has 37 heavy (non-hydrogen) atoms. The molecule has 0 aromatic rings. The third kappa shape index (κ3) is 19.0. The van der Waals surface area contributed by atoms with Gasteiger partial charge in [-0.05, 0) is 0 Å². The van der Waals surface area contributed by atoms with E-state index in [2.05, 4.69) is 64.5 Å². The van der Waals surface area contributed by atoms with Crippen molar-refractivity contribution in [3.05, 3.63) is 0 Å². The molecule has 0 aliphatic carbocycles. The van der Waals surface area contributed by atoms with Crippen LogP contribution in [0.2, 0.25) is 53.7 Å². The van der Waals surface area contributed by atoms with Gasteiger partial charge in [-0.15, -0.1) is 0 Å². The standard InChI is InChI=1S/C10H30O3P2SSi3.C5H14O2SSi.2C4H9.Sn/c1-13-19(8-6-7-16,14-9-17(2,3)11)15-10-18(4,5)12;1-6-9(3,7-2)5-4-8;2*1-3-4-2;/h11-12,14-16H,6-10H2,1-5H3;8H,4-5H2,1-3H3;2*1,3-4H2,2H3;/q;;;;+2/p-2. The molecule has 0 aromatic heterocycles. The summed E-state index contributed by atoms with van der Waals surface area (Å²) in [5, 5.41) is 0. The summed E-state index contributed by atoms with van der Waals surface area (Å²) in [6, 6.07) is 2.26. The van der Waals surface area contributed by atoms with Crippen molar-refractivity contribution in [2.75, 3.05) is 44.4 Å². The molecule has 2 atom stereocenters. The zero-order chi connectivity index (χ0) is 28.6. The summed E-state index contributed by atoms with van der Waals surface area (Å²) in [7, 11) is 3.71. The van der Waals surface area contributed by atoms with Crippen molar-refractivity contribution in [2.45, 2.75) is 99.6 Å². The van der Waals surface area contributed by atoms with Crippen LogP contribution in [0, 0.1) is 0 Å². The van der Waals surface area contributed by atoms with Crippen LogP contribution in [0.25, 0.3) is 0 Å². The van der Waals surface area contributed by atoms with Gasteiger partial charge in [0.1, 0.15) is 0 Å². The van der Waals surface area contributed by atoms with Gasteiger partial charge in [-0.2, -0.15) is 0 Å². The summed E-state index contributed by atoms with van der Waals surface area (Å²) in [6.45, 7) is 15.1. The summed E-state index contributed by atoms with van der Waals surface area (Å²) in [6.07, 6.45) is 6.55. The average Bonchev–Trinajstić information content (AvgIpc) is 2.84. The van der Waals surface area contributed by atoms with E-state index in [0.717, 1.165) is 33.9 Å². The molecule has 0 aliphatic rings. The Morgan fingerprint density at radius 1 is 0.676 bits per heavy atom. The Bertz CT molecular complexity index is 574. The van der Waals surface area contributed by atoms with Crippen LogP contribution in [0.3, 0.4) is 0 Å². The van der Waals surface area contributed by atoms with Gasteiger partial charge in [-0.1, -0.05) is 0 Å². The van der Waals surface area contributed by atoms with E-state index in [1.165, 1.54) is 58.5 Å². The van der Waals surface area contributed by atoms with Gasteiger partial charge in [0, 0.05) is 0 Å². The molecule has 0 heterocycles. The van der Waals surface area contributed by atoms with E-state index in [9.17, 15) is 9.59 Å². The molecule has 0 aliphatic heterocycles. The van der Waals surface area contributed by atoms with Gasteiger partial charge in [0.25, 0.3) is 0 Å². The Morgan fingerprint density at radius 3 is 1.51 bits per heavy atom. The molecule has 2 N–H and O–H groups in total. The van der Waals surface area contributed by atoms with Crippen LogP contribution < -0.4 is 0 Å². The molecule has 14 heteroatoms. The average molecular weight is 774 g/mol. The summed E-state index contributed by atoms with van der Waals surface area (Å²) in [4.78, 5) is 21.2. The van der Waals surface area contributed by atoms with Crippen LogP contribution in [-0.4, -0.2) is 102 Å². The molecule has 0 aromatic carbocycles. The second kappa shape index (κ2) is 20.1. The van der Waals surface area contributed by atoms with E-state index >= 15 is 0 Å². The predicted octanol–water partition coefficient (Wildman–Crippen LogP) is 7.67. The van der Waals surface area contributed by atoms with Gasteiger partial charge in [0.05, 0.1) is 0 Å². The summed E-state index contributed by atoms with van der Waals surface area (Å²) >= 11 is -2.42. The minimum atomic E-state index is -2.42. The quantitative estimate of drug-likeness (QED) is 0.0594. The third-order valence-electron chi connectivity index (χ3n) is 6.61. The molecule has 0 spiro atoms. The monoisotopic (exact) mass is 774 g/mol. The van der Waals surface area contributed by atoms with Crippen LogP contribution >= 0.6 is 34.1 Å². The molecular formula is C23H60O5P2S2Si4Sn. The van der Waals surface area contributed by atoms with Crippen molar-refractivity contribution in [2.24, 2.45) is 0 Å². The third-order valence-corrected chi connectivity index (χ3v) is 64.6. The molecule has 0 rings (SSSR count). The zero-order valence-electron chi connectivity index (χ0n) is 25.6. The molecule has 0 bridgehead atoms. The fourth-order valence-corrected chi connectivity index (χ4v) is 68.4. The molecule has 5 nitrogen and oxygen atoms in total. The van der Waals surface area contributed by atoms with E-state index in [1.54, 1.807) is 0 Å². The van der Waals surface area contributed by atoms with E-state index in [0.29, 0.717) is 0 Å². The molecule has 0 radical (unpaired) electrons. The van der Waals surface area contributed by atoms with E-state index in [1.807, 2.05) is 21.3 Å². The van der Waals surface area contributed by atoms with Crippen molar-refractivity contribution in [3.63, 3.8) is 0 Å². The number of unbranched alkanes of at least 4 members (excludes halogenated alkanes) is 2. The van der Waals surface area contributed by atoms with E-state index in [4.69, 9.17) is 13.3 Å². The molecular weight excluding hydrogens is 713 g/mol. The van der Waals surface area contributed by atoms with Gasteiger partial charge in [0.2, 0.25) is 0 Å². The zero-order valence-corrected chi connectivity index (χ0v) is 36.1. The van der Waals surface area contributed by atoms with Crippen LogP contribution in [-0.2, 0) is 13.3 Å². The number of hydrogen-bond acceptors (Lipinski definition) is 7. The van der Waals surface area contributed by atoms with Gasteiger partial charge >= 0.3 is 250 Å².